The van der Waals surface area contributed by atoms with Gasteiger partial charge in [0.25, 0.3) is 0 Å². The average molecular weight is 418 g/mol. The summed E-state index contributed by atoms with van der Waals surface area (Å²) in [6, 6.07) is 7.68. The second-order valence-corrected chi connectivity index (χ2v) is 6.31. The van der Waals surface area contributed by atoms with Crippen LogP contribution < -0.4 is 5.32 Å². The lowest BCUT2D eigenvalue weighted by atomic mass is 10.1. The van der Waals surface area contributed by atoms with E-state index in [1.807, 2.05) is 6.92 Å². The predicted octanol–water partition coefficient (Wildman–Crippen LogP) is 2.83. The Kier molecular flexibility index (Phi) is 11.5. The topological polar surface area (TPSA) is 114 Å². The highest BCUT2D eigenvalue weighted by Gasteiger charge is 2.20. The zero-order valence-electron chi connectivity index (χ0n) is 17.7. The molecule has 0 bridgehead atoms. The third-order valence-electron chi connectivity index (χ3n) is 4.03. The number of hydrogen-bond acceptors (Lipinski definition) is 7. The Morgan fingerprint density at radius 1 is 1.10 bits per heavy atom. The summed E-state index contributed by atoms with van der Waals surface area (Å²) < 4.78 is 9.81. The lowest BCUT2D eigenvalue weighted by Gasteiger charge is -2.13. The highest BCUT2D eigenvalue weighted by Crippen LogP contribution is 2.16. The van der Waals surface area contributed by atoms with Crippen molar-refractivity contribution in [2.45, 2.75) is 46.1 Å². The third-order valence-corrected chi connectivity index (χ3v) is 4.03. The van der Waals surface area contributed by atoms with Gasteiger partial charge in [-0.2, -0.15) is 0 Å². The molecule has 0 aromatic heterocycles. The number of ether oxygens (including phenoxy) is 2. The van der Waals surface area contributed by atoms with Gasteiger partial charge in [-0.05, 0) is 20.3 Å². The zero-order valence-corrected chi connectivity index (χ0v) is 17.7. The number of aliphatic hydroxyl groups is 1. The standard InChI is InChI=1S/C22H30N2O6/c1-4-7-13-18(21(27)24-15-19(25)29-5-2)23-14-17(22(28)30-6-3)20(26)16-11-9-8-10-12-16/h8-12,14,18,26H,4-7,13,15H2,1-3H3,(H,24,27)/b20-17+,23-14?. The van der Waals surface area contributed by atoms with Crippen LogP contribution in [-0.4, -0.2) is 55.0 Å². The van der Waals surface area contributed by atoms with Gasteiger partial charge in [-0.1, -0.05) is 50.1 Å². The minimum absolute atomic E-state index is 0.123. The van der Waals surface area contributed by atoms with Crippen molar-refractivity contribution in [2.24, 2.45) is 4.99 Å². The Labute approximate surface area is 177 Å². The number of nitrogens with one attached hydrogen (secondary N) is 1. The van der Waals surface area contributed by atoms with Gasteiger partial charge in [-0.25, -0.2) is 4.79 Å². The highest BCUT2D eigenvalue weighted by molar-refractivity contribution is 6.15. The second-order valence-electron chi connectivity index (χ2n) is 6.31. The van der Waals surface area contributed by atoms with Crippen LogP contribution >= 0.6 is 0 Å². The third kappa shape index (κ3) is 8.46. The molecule has 1 aromatic rings. The summed E-state index contributed by atoms with van der Waals surface area (Å²) in [6.07, 6.45) is 3.14. The molecule has 30 heavy (non-hydrogen) atoms. The maximum Gasteiger partial charge on any atom is 0.343 e. The van der Waals surface area contributed by atoms with E-state index in [0.717, 1.165) is 19.1 Å². The molecule has 0 aliphatic carbocycles. The molecule has 0 aliphatic rings. The lowest BCUT2D eigenvalue weighted by molar-refractivity contribution is -0.143. The van der Waals surface area contributed by atoms with Gasteiger partial charge in [0.15, 0.2) is 0 Å². The number of aliphatic imine (C=N–C) groups is 1. The van der Waals surface area contributed by atoms with Gasteiger partial charge in [0.2, 0.25) is 5.91 Å². The number of unbranched alkanes of at least 4 members (excludes halogenated alkanes) is 1. The molecule has 0 spiro atoms. The van der Waals surface area contributed by atoms with Crippen molar-refractivity contribution in [2.75, 3.05) is 19.8 Å². The van der Waals surface area contributed by atoms with Crippen LogP contribution in [0.25, 0.3) is 5.76 Å². The fourth-order valence-electron chi connectivity index (χ4n) is 2.50. The number of hydrogen-bond donors (Lipinski definition) is 2. The average Bonchev–Trinajstić information content (AvgIpc) is 2.75. The number of carbonyl (C=O) groups is 3. The molecule has 1 aromatic carbocycles. The van der Waals surface area contributed by atoms with E-state index in [2.05, 4.69) is 10.3 Å². The van der Waals surface area contributed by atoms with Crippen LogP contribution in [-0.2, 0) is 23.9 Å². The molecule has 0 aliphatic heterocycles. The van der Waals surface area contributed by atoms with E-state index in [1.54, 1.807) is 44.2 Å². The number of rotatable bonds is 12. The van der Waals surface area contributed by atoms with E-state index < -0.39 is 23.9 Å². The van der Waals surface area contributed by atoms with E-state index in [9.17, 15) is 19.5 Å². The molecule has 0 radical (unpaired) electrons. The molecule has 1 amide bonds. The van der Waals surface area contributed by atoms with Crippen molar-refractivity contribution in [3.05, 3.63) is 41.5 Å². The Hall–Kier alpha value is -3.16. The monoisotopic (exact) mass is 418 g/mol. The summed E-state index contributed by atoms with van der Waals surface area (Å²) in [5, 5.41) is 13.1. The van der Waals surface area contributed by atoms with Crippen molar-refractivity contribution >= 4 is 29.8 Å². The Morgan fingerprint density at radius 3 is 2.37 bits per heavy atom. The molecular weight excluding hydrogens is 388 g/mol. The number of esters is 2. The van der Waals surface area contributed by atoms with E-state index in [0.29, 0.717) is 12.0 Å². The van der Waals surface area contributed by atoms with E-state index in [4.69, 9.17) is 9.47 Å². The Morgan fingerprint density at radius 2 is 1.77 bits per heavy atom. The highest BCUT2D eigenvalue weighted by atomic mass is 16.5. The molecular formula is C22H30N2O6. The largest absolute Gasteiger partial charge is 0.506 e. The molecule has 0 fully saturated rings. The minimum Gasteiger partial charge on any atom is -0.506 e. The summed E-state index contributed by atoms with van der Waals surface area (Å²) in [5.74, 6) is -2.05. The summed E-state index contributed by atoms with van der Waals surface area (Å²) in [6.45, 7) is 5.38. The van der Waals surface area contributed by atoms with E-state index in [1.165, 1.54) is 0 Å². The van der Waals surface area contributed by atoms with Crippen LogP contribution in [0.2, 0.25) is 0 Å². The molecule has 1 unspecified atom stereocenters. The van der Waals surface area contributed by atoms with E-state index >= 15 is 0 Å². The fourth-order valence-corrected chi connectivity index (χ4v) is 2.50. The molecule has 0 saturated heterocycles. The normalized spacial score (nSPS) is 12.8. The number of nitrogens with zero attached hydrogens (tertiary/aromatic N) is 1. The van der Waals surface area contributed by atoms with Crippen LogP contribution in [0.1, 0.15) is 45.6 Å². The van der Waals surface area contributed by atoms with E-state index in [-0.39, 0.29) is 31.1 Å². The number of amides is 1. The SMILES string of the molecule is CCCCC(N=C/C(C(=O)OCC)=C(\O)c1ccccc1)C(=O)NCC(=O)OCC. The second kappa shape index (κ2) is 13.9. The van der Waals surface area contributed by atoms with Crippen LogP contribution in [0.15, 0.2) is 40.9 Å². The van der Waals surface area contributed by atoms with Crippen molar-refractivity contribution in [3.63, 3.8) is 0 Å². The quantitative estimate of drug-likeness (QED) is 0.233. The molecule has 8 nitrogen and oxygen atoms in total. The molecule has 0 saturated carbocycles. The number of benzene rings is 1. The summed E-state index contributed by atoms with van der Waals surface area (Å²) in [4.78, 5) is 40.5. The first-order chi connectivity index (χ1) is 14.4. The number of aliphatic hydroxyl groups excluding tert-OH is 1. The van der Waals surface area contributed by atoms with Crippen LogP contribution in [0.4, 0.5) is 0 Å². The van der Waals surface area contributed by atoms with Gasteiger partial charge in [0.1, 0.15) is 23.9 Å². The minimum atomic E-state index is -0.827. The Bertz CT molecular complexity index is 758. The van der Waals surface area contributed by atoms with Gasteiger partial charge in [0.05, 0.1) is 13.2 Å². The summed E-state index contributed by atoms with van der Waals surface area (Å²) in [7, 11) is 0. The zero-order chi connectivity index (χ0) is 22.4. The van der Waals surface area contributed by atoms with Gasteiger partial charge < -0.3 is 19.9 Å². The van der Waals surface area contributed by atoms with Crippen LogP contribution in [0.5, 0.6) is 0 Å². The van der Waals surface area contributed by atoms with Crippen molar-refractivity contribution in [1.82, 2.24) is 5.32 Å². The molecule has 164 valence electrons. The van der Waals surface area contributed by atoms with Gasteiger partial charge in [-0.3, -0.25) is 14.6 Å². The predicted molar refractivity (Wildman–Crippen MR) is 114 cm³/mol. The van der Waals surface area contributed by atoms with Gasteiger partial charge in [-0.15, -0.1) is 0 Å². The van der Waals surface area contributed by atoms with Gasteiger partial charge >= 0.3 is 11.9 Å². The van der Waals surface area contributed by atoms with Crippen LogP contribution in [0.3, 0.4) is 0 Å². The smallest absolute Gasteiger partial charge is 0.343 e. The summed E-state index contributed by atoms with van der Waals surface area (Å²) >= 11 is 0. The molecule has 1 atom stereocenters. The van der Waals surface area contributed by atoms with Crippen molar-refractivity contribution < 1.29 is 29.0 Å². The fraction of sp³-hybridized carbons (Fsp3) is 0.455. The first kappa shape index (κ1) is 24.9. The maximum atomic E-state index is 12.5. The van der Waals surface area contributed by atoms with Crippen molar-refractivity contribution in [1.29, 1.82) is 0 Å². The molecule has 2 N–H and O–H groups in total. The maximum absolute atomic E-state index is 12.5. The van der Waals surface area contributed by atoms with Crippen LogP contribution in [0, 0.1) is 0 Å². The first-order valence-electron chi connectivity index (χ1n) is 10.1. The molecule has 8 heteroatoms. The summed E-state index contributed by atoms with van der Waals surface area (Å²) in [5.41, 5.74) is 0.270. The first-order valence-corrected chi connectivity index (χ1v) is 10.1. The van der Waals surface area contributed by atoms with Crippen molar-refractivity contribution in [3.8, 4) is 0 Å². The molecule has 1 rings (SSSR count). The lowest BCUT2D eigenvalue weighted by Crippen LogP contribution is -2.37. The molecule has 0 heterocycles. The van der Waals surface area contributed by atoms with Gasteiger partial charge in [0, 0.05) is 11.8 Å². The Balaban J connectivity index is 3.10. The number of carbonyl (C=O) groups excluding carboxylic acids is 3.